The largest absolute Gasteiger partial charge is 0.372 e. The van der Waals surface area contributed by atoms with E-state index in [0.29, 0.717) is 0 Å². The van der Waals surface area contributed by atoms with Gasteiger partial charge in [-0.1, -0.05) is 24.3 Å². The van der Waals surface area contributed by atoms with Crippen LogP contribution in [0.1, 0.15) is 63.5 Å². The number of nitrogens with two attached hydrogens (primary N) is 2. The number of hydrogen-bond donors (Lipinski definition) is 6. The third kappa shape index (κ3) is 12.3. The summed E-state index contributed by atoms with van der Waals surface area (Å²) in [4.78, 5) is 4.75. The van der Waals surface area contributed by atoms with Crippen molar-refractivity contribution >= 4 is 5.71 Å². The van der Waals surface area contributed by atoms with Crippen molar-refractivity contribution in [1.29, 1.82) is 0 Å². The van der Waals surface area contributed by atoms with Crippen LogP contribution in [-0.4, -0.2) is 63.2 Å². The fraction of sp³-hybridized carbons (Fsp3) is 0.708. The lowest BCUT2D eigenvalue weighted by molar-refractivity contribution is 0.0197. The monoisotopic (exact) mass is 434 g/mol. The Morgan fingerprint density at radius 2 is 1.45 bits per heavy atom. The molecule has 8 N–H and O–H groups in total. The second-order valence-corrected chi connectivity index (χ2v) is 8.21. The number of unbranched alkanes of at least 4 members (excludes halogenated alkanes) is 2. The maximum absolute atomic E-state index is 11.1. The highest BCUT2D eigenvalue weighted by molar-refractivity contribution is 6.00. The van der Waals surface area contributed by atoms with Crippen LogP contribution in [0.4, 0.5) is 0 Å². The van der Waals surface area contributed by atoms with E-state index in [1.54, 1.807) is 0 Å². The molecule has 0 spiro atoms. The van der Waals surface area contributed by atoms with Crippen molar-refractivity contribution in [1.82, 2.24) is 16.0 Å². The van der Waals surface area contributed by atoms with E-state index in [-0.39, 0.29) is 0 Å². The minimum atomic E-state index is -1.09. The van der Waals surface area contributed by atoms with Gasteiger partial charge in [0.05, 0.1) is 0 Å². The second-order valence-electron chi connectivity index (χ2n) is 8.21. The molecule has 0 aliphatic heterocycles. The molecule has 0 heterocycles. The van der Waals surface area contributed by atoms with E-state index in [2.05, 4.69) is 16.0 Å². The van der Waals surface area contributed by atoms with E-state index in [1.807, 2.05) is 38.1 Å². The van der Waals surface area contributed by atoms with Crippen LogP contribution in [-0.2, 0) is 5.72 Å². The smallest absolute Gasteiger partial charge is 0.139 e. The van der Waals surface area contributed by atoms with Crippen LogP contribution in [0.2, 0.25) is 0 Å². The van der Waals surface area contributed by atoms with Crippen LogP contribution in [0, 0.1) is 0 Å². The first kappa shape index (κ1) is 27.7. The van der Waals surface area contributed by atoms with Gasteiger partial charge in [-0.25, -0.2) is 0 Å². The molecule has 7 heteroatoms. The molecule has 0 radical (unpaired) electrons. The molecule has 0 saturated heterocycles. The van der Waals surface area contributed by atoms with E-state index >= 15 is 0 Å². The standard InChI is InChI=1S/C24H46N6O/c1-21(29-19-10-18-28-15-6-5-13-25)22-11-3-4-12-23(22)24(2,31)30-20-8-7-16-27-17-9-14-26/h3-4,11-12,27-28,30-31H,5-10,13-20,25-26H2,1-2H3. The van der Waals surface area contributed by atoms with Crippen molar-refractivity contribution in [3.63, 3.8) is 0 Å². The summed E-state index contributed by atoms with van der Waals surface area (Å²) in [6.45, 7) is 10.8. The zero-order valence-corrected chi connectivity index (χ0v) is 19.8. The lowest BCUT2D eigenvalue weighted by Gasteiger charge is -2.28. The van der Waals surface area contributed by atoms with Gasteiger partial charge in [-0.15, -0.1) is 0 Å². The quantitative estimate of drug-likeness (QED) is 0.112. The van der Waals surface area contributed by atoms with Crippen LogP contribution in [0.15, 0.2) is 29.3 Å². The molecular weight excluding hydrogens is 388 g/mol. The average molecular weight is 435 g/mol. The lowest BCUT2D eigenvalue weighted by Crippen LogP contribution is -2.41. The van der Waals surface area contributed by atoms with Crippen molar-refractivity contribution in [2.24, 2.45) is 16.5 Å². The molecule has 1 atom stereocenters. The van der Waals surface area contributed by atoms with Crippen molar-refractivity contribution in [2.45, 2.75) is 58.1 Å². The Hall–Kier alpha value is -1.35. The van der Waals surface area contributed by atoms with Gasteiger partial charge in [-0.05, 0) is 98.2 Å². The maximum atomic E-state index is 11.1. The van der Waals surface area contributed by atoms with Gasteiger partial charge in [0.15, 0.2) is 0 Å². The summed E-state index contributed by atoms with van der Waals surface area (Å²) in [5, 5.41) is 21.2. The molecule has 31 heavy (non-hydrogen) atoms. The Kier molecular flexibility index (Phi) is 15.4. The Morgan fingerprint density at radius 3 is 2.16 bits per heavy atom. The van der Waals surface area contributed by atoms with E-state index in [4.69, 9.17) is 16.5 Å². The molecule has 1 aromatic carbocycles. The van der Waals surface area contributed by atoms with Gasteiger partial charge in [0.1, 0.15) is 5.72 Å². The molecule has 0 bridgehead atoms. The summed E-state index contributed by atoms with van der Waals surface area (Å²) in [5.74, 6) is 0. The number of nitrogens with zero attached hydrogens (tertiary/aromatic N) is 1. The molecule has 0 aliphatic rings. The van der Waals surface area contributed by atoms with E-state index in [1.165, 1.54) is 0 Å². The van der Waals surface area contributed by atoms with Gasteiger partial charge in [-0.2, -0.15) is 0 Å². The number of nitrogens with one attached hydrogen (secondary N) is 3. The molecule has 0 saturated carbocycles. The number of hydrogen-bond acceptors (Lipinski definition) is 7. The minimum Gasteiger partial charge on any atom is -0.372 e. The lowest BCUT2D eigenvalue weighted by atomic mass is 9.95. The van der Waals surface area contributed by atoms with Crippen LogP contribution >= 0.6 is 0 Å². The van der Waals surface area contributed by atoms with Gasteiger partial charge in [0.2, 0.25) is 0 Å². The Morgan fingerprint density at radius 1 is 0.871 bits per heavy atom. The number of aliphatic hydroxyl groups is 1. The van der Waals surface area contributed by atoms with Crippen molar-refractivity contribution < 1.29 is 5.11 Å². The molecule has 7 nitrogen and oxygen atoms in total. The van der Waals surface area contributed by atoms with Gasteiger partial charge in [-0.3, -0.25) is 10.3 Å². The summed E-state index contributed by atoms with van der Waals surface area (Å²) < 4.78 is 0. The number of rotatable bonds is 19. The van der Waals surface area contributed by atoms with Crippen molar-refractivity contribution in [2.75, 3.05) is 52.4 Å². The summed E-state index contributed by atoms with van der Waals surface area (Å²) in [6.07, 6.45) is 6.27. The Labute approximate surface area is 189 Å². The zero-order chi connectivity index (χ0) is 22.8. The Balaban J connectivity index is 2.46. The summed E-state index contributed by atoms with van der Waals surface area (Å²) >= 11 is 0. The Bertz CT molecular complexity index is 605. The van der Waals surface area contributed by atoms with E-state index in [9.17, 15) is 5.11 Å². The topological polar surface area (TPSA) is 121 Å². The average Bonchev–Trinajstić information content (AvgIpc) is 2.77. The first-order valence-electron chi connectivity index (χ1n) is 11.9. The normalized spacial score (nSPS) is 14.0. The first-order valence-corrected chi connectivity index (χ1v) is 11.9. The van der Waals surface area contributed by atoms with Gasteiger partial charge in [0, 0.05) is 23.4 Å². The highest BCUT2D eigenvalue weighted by atomic mass is 16.3. The molecule has 0 amide bonds. The second kappa shape index (κ2) is 17.2. The zero-order valence-electron chi connectivity index (χ0n) is 19.8. The van der Waals surface area contributed by atoms with Gasteiger partial charge in [0.25, 0.3) is 0 Å². The molecule has 1 aromatic rings. The molecule has 178 valence electrons. The third-order valence-corrected chi connectivity index (χ3v) is 5.32. The third-order valence-electron chi connectivity index (χ3n) is 5.32. The predicted molar refractivity (Wildman–Crippen MR) is 133 cm³/mol. The fourth-order valence-electron chi connectivity index (χ4n) is 3.43. The highest BCUT2D eigenvalue weighted by Crippen LogP contribution is 2.22. The summed E-state index contributed by atoms with van der Waals surface area (Å²) in [7, 11) is 0. The molecule has 1 unspecified atom stereocenters. The molecule has 0 aliphatic carbocycles. The van der Waals surface area contributed by atoms with Crippen molar-refractivity contribution in [3.05, 3.63) is 35.4 Å². The molecular formula is C24H46N6O. The molecule has 1 rings (SSSR count). The first-order chi connectivity index (χ1) is 15.0. The molecule has 0 fully saturated rings. The summed E-state index contributed by atoms with van der Waals surface area (Å²) in [5.41, 5.74) is 12.7. The van der Waals surface area contributed by atoms with Crippen molar-refractivity contribution in [3.8, 4) is 0 Å². The van der Waals surface area contributed by atoms with Crippen LogP contribution in [0.3, 0.4) is 0 Å². The predicted octanol–water partition coefficient (Wildman–Crippen LogP) is 1.69. The number of benzene rings is 1. The minimum absolute atomic E-state index is 0.728. The fourth-order valence-corrected chi connectivity index (χ4v) is 3.43. The van der Waals surface area contributed by atoms with Crippen LogP contribution in [0.25, 0.3) is 0 Å². The van der Waals surface area contributed by atoms with E-state index < -0.39 is 5.72 Å². The molecule has 0 aromatic heterocycles. The van der Waals surface area contributed by atoms with Gasteiger partial charge >= 0.3 is 0 Å². The van der Waals surface area contributed by atoms with Crippen LogP contribution in [0.5, 0.6) is 0 Å². The van der Waals surface area contributed by atoms with Crippen LogP contribution < -0.4 is 27.4 Å². The summed E-state index contributed by atoms with van der Waals surface area (Å²) in [6, 6.07) is 7.99. The van der Waals surface area contributed by atoms with E-state index in [0.717, 1.165) is 108 Å². The maximum Gasteiger partial charge on any atom is 0.139 e. The highest BCUT2D eigenvalue weighted by Gasteiger charge is 2.25. The SMILES string of the molecule is CC(=NCCCNCCCCN)c1ccccc1C(C)(O)NCCCCNCCCN. The number of aliphatic imine (C=N–C) groups is 1. The van der Waals surface area contributed by atoms with Gasteiger partial charge < -0.3 is 27.2 Å².